The molecule has 2 aliphatic heterocycles. The van der Waals surface area contributed by atoms with Crippen LogP contribution in [0.2, 0.25) is 0 Å². The lowest BCUT2D eigenvalue weighted by molar-refractivity contribution is -0.223. The van der Waals surface area contributed by atoms with Crippen molar-refractivity contribution < 1.29 is 14.2 Å². The number of halogens is 1. The second kappa shape index (κ2) is 11.5. The fraction of sp³-hybridized carbons (Fsp3) is 0.400. The van der Waals surface area contributed by atoms with Crippen LogP contribution in [0.3, 0.4) is 0 Å². The molecule has 0 saturated carbocycles. The average molecular weight is 517 g/mol. The van der Waals surface area contributed by atoms with Gasteiger partial charge in [-0.15, -0.1) is 0 Å². The summed E-state index contributed by atoms with van der Waals surface area (Å²) in [4.78, 5) is 20.7. The zero-order valence-corrected chi connectivity index (χ0v) is 21.5. The van der Waals surface area contributed by atoms with Crippen molar-refractivity contribution >= 4 is 0 Å². The Hall–Kier alpha value is -3.51. The summed E-state index contributed by atoms with van der Waals surface area (Å²) < 4.78 is 18.7. The Balaban J connectivity index is 1.22. The van der Waals surface area contributed by atoms with E-state index in [2.05, 4.69) is 56.3 Å². The lowest BCUT2D eigenvalue weighted by Gasteiger charge is -2.55. The molecule has 0 aliphatic carbocycles. The van der Waals surface area contributed by atoms with Crippen LogP contribution < -0.4 is 10.9 Å². The molecule has 1 aromatic heterocycles. The number of hydrogen-bond donors (Lipinski definition) is 3. The molecule has 0 amide bonds. The Morgan fingerprint density at radius 3 is 2.42 bits per heavy atom. The molecule has 3 heterocycles. The van der Waals surface area contributed by atoms with Crippen LogP contribution in [0.1, 0.15) is 47.2 Å². The molecule has 3 aromatic rings. The van der Waals surface area contributed by atoms with Crippen LogP contribution in [0, 0.1) is 11.8 Å². The molecule has 1 spiro atoms. The van der Waals surface area contributed by atoms with Crippen LogP contribution in [-0.4, -0.2) is 64.5 Å². The first kappa shape index (κ1) is 26.1. The monoisotopic (exact) mass is 516 g/mol. The van der Waals surface area contributed by atoms with E-state index in [-0.39, 0.29) is 23.3 Å². The lowest BCUT2D eigenvalue weighted by atomic mass is 9.86. The Bertz CT molecular complexity index is 1350. The first-order valence-electron chi connectivity index (χ1n) is 13.1. The lowest BCUT2D eigenvalue weighted by Crippen LogP contribution is -2.67. The third-order valence-electron chi connectivity index (χ3n) is 7.37. The molecule has 5 rings (SSSR count). The van der Waals surface area contributed by atoms with Crippen molar-refractivity contribution in [1.82, 2.24) is 20.2 Å². The summed E-state index contributed by atoms with van der Waals surface area (Å²) in [6.07, 6.45) is 2.80. The first-order chi connectivity index (χ1) is 18.4. The van der Waals surface area contributed by atoms with E-state index >= 15 is 0 Å². The minimum Gasteiger partial charge on any atom is -0.502 e. The van der Waals surface area contributed by atoms with Gasteiger partial charge in [-0.05, 0) is 42.3 Å². The summed E-state index contributed by atoms with van der Waals surface area (Å²) in [5, 5.41) is 13.3. The molecule has 2 unspecified atom stereocenters. The van der Waals surface area contributed by atoms with Crippen LogP contribution in [-0.2, 0) is 17.7 Å². The van der Waals surface area contributed by atoms with Gasteiger partial charge in [0.1, 0.15) is 6.67 Å². The number of likely N-dealkylation sites (tertiary alicyclic amines) is 1. The van der Waals surface area contributed by atoms with Crippen molar-refractivity contribution in [3.63, 3.8) is 0 Å². The topological polar surface area (TPSA) is 90.5 Å². The summed E-state index contributed by atoms with van der Waals surface area (Å²) in [5.74, 6) is 5.95. The maximum Gasteiger partial charge on any atom is 0.293 e. The van der Waals surface area contributed by atoms with Crippen LogP contribution in [0.4, 0.5) is 4.39 Å². The van der Waals surface area contributed by atoms with Crippen LogP contribution in [0.5, 0.6) is 5.75 Å². The zero-order chi connectivity index (χ0) is 26.5. The first-order valence-corrected chi connectivity index (χ1v) is 13.1. The highest BCUT2D eigenvalue weighted by molar-refractivity contribution is 5.44. The standard InChI is InChI=1S/C30H33FN4O3/c1-21(15-31)32-16-26(14-27-28(36)29(37)34-20-33-27)25-10-8-23(9-11-25)3-2-22-4-6-24(7-5-22)17-35-18-30(19-35)12-13-38-30/h4-11,20-21,26,32,36H,12-19H2,1H3,(H,33,34,37). The summed E-state index contributed by atoms with van der Waals surface area (Å²) in [5.41, 5.74) is 3.99. The largest absolute Gasteiger partial charge is 0.502 e. The molecule has 38 heavy (non-hydrogen) atoms. The van der Waals surface area contributed by atoms with E-state index in [1.807, 2.05) is 24.3 Å². The van der Waals surface area contributed by atoms with Gasteiger partial charge in [0, 0.05) is 62.1 Å². The van der Waals surface area contributed by atoms with E-state index in [1.165, 1.54) is 18.3 Å². The van der Waals surface area contributed by atoms with Gasteiger partial charge in [0.15, 0.2) is 0 Å². The maximum atomic E-state index is 13.0. The number of benzene rings is 2. The number of nitrogens with one attached hydrogen (secondary N) is 2. The molecule has 2 aromatic carbocycles. The van der Waals surface area contributed by atoms with Gasteiger partial charge in [0.2, 0.25) is 5.75 Å². The Kier molecular flexibility index (Phi) is 7.89. The van der Waals surface area contributed by atoms with E-state index in [0.717, 1.165) is 42.9 Å². The SMILES string of the molecule is CC(CF)NCC(Cc1nc[nH]c(=O)c1O)c1ccc(C#Cc2ccc(CN3CC4(CCO4)C3)cc2)cc1. The zero-order valence-electron chi connectivity index (χ0n) is 21.5. The third-order valence-corrected chi connectivity index (χ3v) is 7.37. The average Bonchev–Trinajstić information content (AvgIpc) is 2.89. The molecular formula is C30H33FN4O3. The highest BCUT2D eigenvalue weighted by Crippen LogP contribution is 2.36. The summed E-state index contributed by atoms with van der Waals surface area (Å²) >= 11 is 0. The van der Waals surface area contributed by atoms with Gasteiger partial charge >= 0.3 is 0 Å². The number of alkyl halides is 1. The number of aromatic nitrogens is 2. The van der Waals surface area contributed by atoms with E-state index in [1.54, 1.807) is 6.92 Å². The smallest absolute Gasteiger partial charge is 0.293 e. The molecular weight excluding hydrogens is 483 g/mol. The maximum absolute atomic E-state index is 13.0. The number of aromatic hydroxyl groups is 1. The number of H-pyrrole nitrogens is 1. The van der Waals surface area contributed by atoms with Crippen molar-refractivity contribution in [3.8, 4) is 17.6 Å². The molecule has 8 heteroatoms. The normalized spacial score (nSPS) is 17.6. The van der Waals surface area contributed by atoms with Gasteiger partial charge in [0.05, 0.1) is 24.2 Å². The quantitative estimate of drug-likeness (QED) is 0.379. The molecule has 2 saturated heterocycles. The number of ether oxygens (including phenoxy) is 1. The fourth-order valence-corrected chi connectivity index (χ4v) is 4.97. The van der Waals surface area contributed by atoms with Gasteiger partial charge in [0.25, 0.3) is 5.56 Å². The molecule has 2 atom stereocenters. The van der Waals surface area contributed by atoms with Crippen LogP contribution in [0.15, 0.2) is 59.7 Å². The number of hydrogen-bond acceptors (Lipinski definition) is 6. The number of aromatic amines is 1. The number of rotatable bonds is 9. The summed E-state index contributed by atoms with van der Waals surface area (Å²) in [6, 6.07) is 16.0. The Labute approximate surface area is 222 Å². The highest BCUT2D eigenvalue weighted by Gasteiger charge is 2.48. The van der Waals surface area contributed by atoms with Crippen molar-refractivity contribution in [2.75, 3.05) is 32.9 Å². The molecule has 0 bridgehead atoms. The summed E-state index contributed by atoms with van der Waals surface area (Å²) in [6.45, 7) is 5.65. The van der Waals surface area contributed by atoms with E-state index in [0.29, 0.717) is 18.7 Å². The predicted octanol–water partition coefficient (Wildman–Crippen LogP) is 3.12. The van der Waals surface area contributed by atoms with Crippen LogP contribution >= 0.6 is 0 Å². The minimum absolute atomic E-state index is 0.115. The Morgan fingerprint density at radius 2 is 1.82 bits per heavy atom. The molecule has 7 nitrogen and oxygen atoms in total. The predicted molar refractivity (Wildman–Crippen MR) is 144 cm³/mol. The molecule has 2 fully saturated rings. The van der Waals surface area contributed by atoms with E-state index in [4.69, 9.17) is 4.74 Å². The van der Waals surface area contributed by atoms with Crippen LogP contribution in [0.25, 0.3) is 0 Å². The van der Waals surface area contributed by atoms with E-state index < -0.39 is 12.2 Å². The molecule has 0 radical (unpaired) electrons. The molecule has 2 aliphatic rings. The van der Waals surface area contributed by atoms with Crippen molar-refractivity contribution in [2.45, 2.75) is 43.9 Å². The third kappa shape index (κ3) is 6.13. The Morgan fingerprint density at radius 1 is 1.16 bits per heavy atom. The molecule has 3 N–H and O–H groups in total. The summed E-state index contributed by atoms with van der Waals surface area (Å²) in [7, 11) is 0. The number of nitrogens with zero attached hydrogens (tertiary/aromatic N) is 2. The van der Waals surface area contributed by atoms with Gasteiger partial charge in [-0.25, -0.2) is 9.37 Å². The fourth-order valence-electron chi connectivity index (χ4n) is 4.97. The van der Waals surface area contributed by atoms with Crippen molar-refractivity contribution in [3.05, 3.63) is 93.2 Å². The molecule has 198 valence electrons. The van der Waals surface area contributed by atoms with Gasteiger partial charge < -0.3 is 20.1 Å². The van der Waals surface area contributed by atoms with Gasteiger partial charge in [-0.3, -0.25) is 9.69 Å². The van der Waals surface area contributed by atoms with Gasteiger partial charge in [-0.2, -0.15) is 0 Å². The highest BCUT2D eigenvalue weighted by atomic mass is 19.1. The van der Waals surface area contributed by atoms with Crippen molar-refractivity contribution in [2.24, 2.45) is 0 Å². The minimum atomic E-state index is -0.574. The second-order valence-electron chi connectivity index (χ2n) is 10.4. The second-order valence-corrected chi connectivity index (χ2v) is 10.4. The van der Waals surface area contributed by atoms with Crippen molar-refractivity contribution in [1.29, 1.82) is 0 Å². The van der Waals surface area contributed by atoms with Gasteiger partial charge in [-0.1, -0.05) is 36.1 Å². The van der Waals surface area contributed by atoms with E-state index in [9.17, 15) is 14.3 Å².